The Hall–Kier alpha value is -3.02. The number of halogens is 4. The van der Waals surface area contributed by atoms with Crippen LogP contribution in [0.4, 0.5) is 23.4 Å². The van der Waals surface area contributed by atoms with E-state index >= 15 is 0 Å². The number of imidazole rings is 1. The van der Waals surface area contributed by atoms with Gasteiger partial charge in [0, 0.05) is 19.5 Å². The van der Waals surface area contributed by atoms with Crippen LogP contribution in [0.1, 0.15) is 29.1 Å². The van der Waals surface area contributed by atoms with E-state index < -0.39 is 17.6 Å². The zero-order valence-electron chi connectivity index (χ0n) is 15.2. The third-order valence-corrected chi connectivity index (χ3v) is 4.59. The molecule has 3 heterocycles. The molecule has 0 unspecified atom stereocenters. The molecule has 0 radical (unpaired) electrons. The molecule has 0 fully saturated rings. The van der Waals surface area contributed by atoms with Gasteiger partial charge in [0.15, 0.2) is 5.82 Å². The Morgan fingerprint density at radius 3 is 2.86 bits per heavy atom. The maximum absolute atomic E-state index is 13.4. The first kappa shape index (κ1) is 19.3. The van der Waals surface area contributed by atoms with Gasteiger partial charge in [-0.2, -0.15) is 18.0 Å². The summed E-state index contributed by atoms with van der Waals surface area (Å²) >= 11 is 0. The summed E-state index contributed by atoms with van der Waals surface area (Å²) in [7, 11) is 0. The number of aromatic nitrogens is 6. The van der Waals surface area contributed by atoms with Crippen molar-refractivity contribution < 1.29 is 17.6 Å². The molecular formula is C17H18F4N8. The van der Waals surface area contributed by atoms with Crippen LogP contribution < -0.4 is 10.6 Å². The van der Waals surface area contributed by atoms with Crippen LogP contribution in [0.2, 0.25) is 0 Å². The fraction of sp³-hybridized carbons (Fsp3) is 0.412. The number of benzene rings is 1. The number of tetrazole rings is 1. The van der Waals surface area contributed by atoms with Gasteiger partial charge in [-0.3, -0.25) is 5.32 Å². The summed E-state index contributed by atoms with van der Waals surface area (Å²) in [6.45, 7) is 2.53. The Morgan fingerprint density at radius 2 is 2.03 bits per heavy atom. The number of nitrogens with one attached hydrogen (secondary N) is 2. The average Bonchev–Trinajstić information content (AvgIpc) is 3.28. The largest absolute Gasteiger partial charge is 0.416 e. The molecule has 12 heteroatoms. The van der Waals surface area contributed by atoms with Crippen LogP contribution in [0.15, 0.2) is 24.5 Å². The molecule has 2 N–H and O–H groups in total. The zero-order valence-corrected chi connectivity index (χ0v) is 15.2. The molecule has 0 aliphatic carbocycles. The van der Waals surface area contributed by atoms with Crippen molar-refractivity contribution >= 4 is 5.82 Å². The SMILES string of the molecule is Fc1ccc(C(F)(F)F)c(Cc2nnn(CCCn3cnc4c3CNCN4)n2)c1. The number of alkyl halides is 3. The smallest absolute Gasteiger partial charge is 0.356 e. The Labute approximate surface area is 162 Å². The summed E-state index contributed by atoms with van der Waals surface area (Å²) in [5, 5.41) is 18.2. The number of fused-ring (bicyclic) bond motifs is 1. The van der Waals surface area contributed by atoms with Gasteiger partial charge in [-0.25, -0.2) is 9.37 Å². The first-order chi connectivity index (χ1) is 13.9. The van der Waals surface area contributed by atoms with Crippen molar-refractivity contribution in [3.8, 4) is 0 Å². The van der Waals surface area contributed by atoms with Gasteiger partial charge < -0.3 is 9.88 Å². The fourth-order valence-electron chi connectivity index (χ4n) is 3.24. The molecule has 0 saturated heterocycles. The molecule has 1 aliphatic heterocycles. The number of hydrogen-bond donors (Lipinski definition) is 2. The molecule has 8 nitrogen and oxygen atoms in total. The third-order valence-electron chi connectivity index (χ3n) is 4.59. The highest BCUT2D eigenvalue weighted by atomic mass is 19.4. The molecule has 1 aliphatic rings. The van der Waals surface area contributed by atoms with Crippen LogP contribution in [0.25, 0.3) is 0 Å². The Balaban J connectivity index is 1.38. The maximum Gasteiger partial charge on any atom is 0.416 e. The van der Waals surface area contributed by atoms with Crippen LogP contribution in [0.3, 0.4) is 0 Å². The highest BCUT2D eigenvalue weighted by Gasteiger charge is 2.33. The van der Waals surface area contributed by atoms with E-state index in [9.17, 15) is 17.6 Å². The summed E-state index contributed by atoms with van der Waals surface area (Å²) in [5.74, 6) is 0.225. The van der Waals surface area contributed by atoms with Crippen molar-refractivity contribution in [2.45, 2.75) is 38.7 Å². The molecule has 3 aromatic rings. The molecule has 4 rings (SSSR count). The lowest BCUT2D eigenvalue weighted by atomic mass is 10.0. The quantitative estimate of drug-likeness (QED) is 0.606. The van der Waals surface area contributed by atoms with Gasteiger partial charge in [0.05, 0.1) is 30.8 Å². The average molecular weight is 410 g/mol. The van der Waals surface area contributed by atoms with Gasteiger partial charge in [-0.15, -0.1) is 10.2 Å². The standard InChI is InChI=1S/C17H18F4N8/c18-12-2-3-13(17(19,20)21)11(6-12)7-15-25-27-29(26-15)5-1-4-28-10-24-16-14(28)8-22-9-23-16/h2-3,6,10,22-23H,1,4-5,7-9H2. The van der Waals surface area contributed by atoms with Gasteiger partial charge in [0.1, 0.15) is 11.6 Å². The predicted octanol–water partition coefficient (Wildman–Crippen LogP) is 2.18. The lowest BCUT2D eigenvalue weighted by Crippen LogP contribution is -2.28. The summed E-state index contributed by atoms with van der Waals surface area (Å²) < 4.78 is 54.8. The molecule has 0 atom stereocenters. The third kappa shape index (κ3) is 4.36. The normalized spacial score (nSPS) is 13.9. The van der Waals surface area contributed by atoms with Gasteiger partial charge in [-0.05, 0) is 35.4 Å². The summed E-state index contributed by atoms with van der Waals surface area (Å²) in [6, 6.07) is 2.37. The van der Waals surface area contributed by atoms with Gasteiger partial charge in [-0.1, -0.05) is 0 Å². The van der Waals surface area contributed by atoms with E-state index in [0.29, 0.717) is 26.2 Å². The predicted molar refractivity (Wildman–Crippen MR) is 94.2 cm³/mol. The maximum atomic E-state index is 13.4. The molecule has 29 heavy (non-hydrogen) atoms. The second-order valence-electron chi connectivity index (χ2n) is 6.64. The second-order valence-corrected chi connectivity index (χ2v) is 6.64. The number of anilines is 1. The van der Waals surface area contributed by atoms with E-state index in [1.54, 1.807) is 6.33 Å². The monoisotopic (exact) mass is 410 g/mol. The molecule has 0 saturated carbocycles. The minimum Gasteiger partial charge on any atom is -0.356 e. The fourth-order valence-corrected chi connectivity index (χ4v) is 3.24. The van der Waals surface area contributed by atoms with E-state index in [0.717, 1.165) is 36.3 Å². The lowest BCUT2D eigenvalue weighted by Gasteiger charge is -2.16. The second kappa shape index (κ2) is 7.78. The van der Waals surface area contributed by atoms with Crippen molar-refractivity contribution in [2.24, 2.45) is 0 Å². The molecular weight excluding hydrogens is 392 g/mol. The molecule has 0 spiro atoms. The van der Waals surface area contributed by atoms with Crippen molar-refractivity contribution in [1.82, 2.24) is 35.1 Å². The van der Waals surface area contributed by atoms with Gasteiger partial charge in [0.2, 0.25) is 0 Å². The Kier molecular flexibility index (Phi) is 5.18. The van der Waals surface area contributed by atoms with Crippen molar-refractivity contribution in [1.29, 1.82) is 0 Å². The van der Waals surface area contributed by atoms with E-state index in [2.05, 4.69) is 31.0 Å². The number of nitrogens with zero attached hydrogens (tertiary/aromatic N) is 6. The number of hydrogen-bond acceptors (Lipinski definition) is 6. The van der Waals surface area contributed by atoms with Crippen LogP contribution in [-0.4, -0.2) is 36.4 Å². The topological polar surface area (TPSA) is 85.5 Å². The van der Waals surface area contributed by atoms with E-state index in [4.69, 9.17) is 0 Å². The number of rotatable bonds is 6. The molecule has 2 aromatic heterocycles. The van der Waals surface area contributed by atoms with E-state index in [-0.39, 0.29) is 17.8 Å². The lowest BCUT2D eigenvalue weighted by molar-refractivity contribution is -0.138. The Bertz CT molecular complexity index is 994. The summed E-state index contributed by atoms with van der Waals surface area (Å²) in [5.41, 5.74) is -0.0567. The van der Waals surface area contributed by atoms with Crippen molar-refractivity contribution in [2.75, 3.05) is 12.0 Å². The minimum absolute atomic E-state index is 0.106. The van der Waals surface area contributed by atoms with Crippen LogP contribution in [-0.2, 0) is 32.2 Å². The van der Waals surface area contributed by atoms with Crippen LogP contribution in [0, 0.1) is 5.82 Å². The van der Waals surface area contributed by atoms with E-state index in [1.165, 1.54) is 4.80 Å². The highest BCUT2D eigenvalue weighted by Crippen LogP contribution is 2.33. The minimum atomic E-state index is -4.58. The van der Waals surface area contributed by atoms with Crippen LogP contribution >= 0.6 is 0 Å². The van der Waals surface area contributed by atoms with Crippen molar-refractivity contribution in [3.05, 3.63) is 53.0 Å². The summed E-state index contributed by atoms with van der Waals surface area (Å²) in [6.07, 6.45) is -2.38. The first-order valence-electron chi connectivity index (χ1n) is 9.01. The summed E-state index contributed by atoms with van der Waals surface area (Å²) in [4.78, 5) is 5.64. The van der Waals surface area contributed by atoms with Gasteiger partial charge >= 0.3 is 6.18 Å². The molecule has 0 amide bonds. The number of aryl methyl sites for hydroxylation is 2. The van der Waals surface area contributed by atoms with E-state index in [1.807, 2.05) is 4.57 Å². The molecule has 0 bridgehead atoms. The zero-order chi connectivity index (χ0) is 20.4. The van der Waals surface area contributed by atoms with Gasteiger partial charge in [0.25, 0.3) is 0 Å². The molecule has 154 valence electrons. The molecule has 1 aromatic carbocycles. The first-order valence-corrected chi connectivity index (χ1v) is 9.01. The van der Waals surface area contributed by atoms with Crippen molar-refractivity contribution in [3.63, 3.8) is 0 Å². The Morgan fingerprint density at radius 1 is 1.17 bits per heavy atom. The highest BCUT2D eigenvalue weighted by molar-refractivity contribution is 5.42. The van der Waals surface area contributed by atoms with Crippen LogP contribution in [0.5, 0.6) is 0 Å².